The van der Waals surface area contributed by atoms with Gasteiger partial charge in [-0.15, -0.1) is 0 Å². The second kappa shape index (κ2) is 4.59. The van der Waals surface area contributed by atoms with Crippen LogP contribution >= 0.6 is 0 Å². The summed E-state index contributed by atoms with van der Waals surface area (Å²) in [6.07, 6.45) is 5.83. The van der Waals surface area contributed by atoms with Crippen LogP contribution < -0.4 is 5.32 Å². The summed E-state index contributed by atoms with van der Waals surface area (Å²) in [7, 11) is 0. The molecule has 2 heterocycles. The predicted octanol–water partition coefficient (Wildman–Crippen LogP) is 0.941. The molecular formula is C9H13N5O. The zero-order valence-corrected chi connectivity index (χ0v) is 8.55. The Morgan fingerprint density at radius 2 is 2.40 bits per heavy atom. The van der Waals surface area contributed by atoms with Crippen LogP contribution in [-0.2, 0) is 13.0 Å². The highest BCUT2D eigenvalue weighted by Gasteiger charge is 2.01. The zero-order valence-electron chi connectivity index (χ0n) is 8.55. The molecule has 0 amide bonds. The van der Waals surface area contributed by atoms with E-state index in [1.54, 1.807) is 6.20 Å². The average molecular weight is 207 g/mol. The predicted molar refractivity (Wildman–Crippen MR) is 54.4 cm³/mol. The Labute approximate surface area is 87.3 Å². The van der Waals surface area contributed by atoms with Crippen LogP contribution in [0, 0.1) is 0 Å². The smallest absolute Gasteiger partial charge is 0.228 e. The van der Waals surface area contributed by atoms with Crippen LogP contribution in [0.1, 0.15) is 12.8 Å². The quantitative estimate of drug-likeness (QED) is 0.790. The molecule has 0 spiro atoms. The summed E-state index contributed by atoms with van der Waals surface area (Å²) in [4.78, 5) is 8.12. The maximum absolute atomic E-state index is 4.88. The van der Waals surface area contributed by atoms with Gasteiger partial charge in [0.2, 0.25) is 11.8 Å². The number of rotatable bonds is 5. The van der Waals surface area contributed by atoms with Gasteiger partial charge in [-0.2, -0.15) is 4.98 Å². The van der Waals surface area contributed by atoms with Crippen molar-refractivity contribution in [1.82, 2.24) is 19.7 Å². The fourth-order valence-corrected chi connectivity index (χ4v) is 1.32. The van der Waals surface area contributed by atoms with Gasteiger partial charge in [0.25, 0.3) is 0 Å². The molecule has 15 heavy (non-hydrogen) atoms. The molecule has 0 aliphatic rings. The van der Waals surface area contributed by atoms with Gasteiger partial charge in [-0.1, -0.05) is 5.16 Å². The number of nitrogens with zero attached hydrogens (tertiary/aromatic N) is 4. The molecule has 0 aliphatic heterocycles. The Morgan fingerprint density at radius 1 is 1.47 bits per heavy atom. The fraction of sp³-hybridized carbons (Fsp3) is 0.444. The molecule has 6 heteroatoms. The van der Waals surface area contributed by atoms with E-state index in [1.807, 2.05) is 10.8 Å². The van der Waals surface area contributed by atoms with Crippen molar-refractivity contribution < 1.29 is 4.52 Å². The topological polar surface area (TPSA) is 68.8 Å². The maximum atomic E-state index is 4.88. The molecule has 0 bridgehead atoms. The largest absolute Gasteiger partial charge is 0.355 e. The van der Waals surface area contributed by atoms with Crippen LogP contribution in [0.25, 0.3) is 0 Å². The van der Waals surface area contributed by atoms with E-state index in [0.717, 1.165) is 19.0 Å². The first-order valence-corrected chi connectivity index (χ1v) is 4.90. The lowest BCUT2D eigenvalue weighted by Gasteiger charge is -2.05. The normalized spacial score (nSPS) is 10.5. The zero-order chi connectivity index (χ0) is 10.5. The number of nitrogens with one attached hydrogen (secondary N) is 1. The number of aromatic nitrogens is 4. The summed E-state index contributed by atoms with van der Waals surface area (Å²) in [5, 5.41) is 6.74. The summed E-state index contributed by atoms with van der Waals surface area (Å²) < 4.78 is 6.92. The molecule has 0 saturated carbocycles. The number of anilines is 1. The molecule has 2 aromatic heterocycles. The minimum Gasteiger partial charge on any atom is -0.355 e. The molecule has 1 N–H and O–H groups in total. The van der Waals surface area contributed by atoms with Gasteiger partial charge in [0, 0.05) is 31.9 Å². The molecule has 80 valence electrons. The highest BCUT2D eigenvalue weighted by Crippen LogP contribution is 2.03. The van der Waals surface area contributed by atoms with E-state index in [2.05, 4.69) is 27.4 Å². The summed E-state index contributed by atoms with van der Waals surface area (Å²) in [5.41, 5.74) is 0. The van der Waals surface area contributed by atoms with Crippen molar-refractivity contribution in [3.8, 4) is 0 Å². The van der Waals surface area contributed by atoms with Gasteiger partial charge in [0.15, 0.2) is 6.33 Å². The Hall–Kier alpha value is -1.85. The van der Waals surface area contributed by atoms with Crippen molar-refractivity contribution in [2.45, 2.75) is 19.9 Å². The van der Waals surface area contributed by atoms with E-state index in [0.29, 0.717) is 12.3 Å². The number of hydrogen-bond donors (Lipinski definition) is 1. The van der Waals surface area contributed by atoms with Crippen molar-refractivity contribution >= 4 is 5.95 Å². The lowest BCUT2D eigenvalue weighted by atomic mass is 10.4. The van der Waals surface area contributed by atoms with E-state index < -0.39 is 0 Å². The minimum atomic E-state index is 0.636. The second-order valence-electron chi connectivity index (χ2n) is 3.05. The van der Waals surface area contributed by atoms with Crippen molar-refractivity contribution in [2.24, 2.45) is 0 Å². The Morgan fingerprint density at radius 3 is 3.13 bits per heavy atom. The van der Waals surface area contributed by atoms with Crippen LogP contribution in [0.15, 0.2) is 23.2 Å². The molecule has 2 aromatic rings. The average Bonchev–Trinajstić information content (AvgIpc) is 2.88. The van der Waals surface area contributed by atoms with E-state index in [1.165, 1.54) is 6.33 Å². The van der Waals surface area contributed by atoms with Crippen LogP contribution in [0.4, 0.5) is 5.95 Å². The highest BCUT2D eigenvalue weighted by atomic mass is 16.5. The third-order valence-electron chi connectivity index (χ3n) is 2.09. The molecule has 6 nitrogen and oxygen atoms in total. The lowest BCUT2D eigenvalue weighted by molar-refractivity contribution is 0.379. The monoisotopic (exact) mass is 207 g/mol. The van der Waals surface area contributed by atoms with Crippen LogP contribution in [0.3, 0.4) is 0 Å². The van der Waals surface area contributed by atoms with Gasteiger partial charge in [-0.25, -0.2) is 4.98 Å². The maximum Gasteiger partial charge on any atom is 0.228 e. The molecule has 0 aromatic carbocycles. The molecule has 0 saturated heterocycles. The van der Waals surface area contributed by atoms with Gasteiger partial charge in [0.1, 0.15) is 0 Å². The molecule has 0 radical (unpaired) electrons. The van der Waals surface area contributed by atoms with Gasteiger partial charge in [-0.3, -0.25) is 0 Å². The molecule has 0 unspecified atom stereocenters. The summed E-state index contributed by atoms with van der Waals surface area (Å²) in [6, 6.07) is 0. The summed E-state index contributed by atoms with van der Waals surface area (Å²) >= 11 is 0. The first-order chi connectivity index (χ1) is 7.40. The molecule has 0 fully saturated rings. The van der Waals surface area contributed by atoms with Gasteiger partial charge in [0.05, 0.1) is 0 Å². The Bertz CT molecular complexity index is 394. The molecule has 0 aliphatic carbocycles. The third kappa shape index (κ3) is 2.34. The van der Waals surface area contributed by atoms with Crippen LogP contribution in [-0.4, -0.2) is 26.2 Å². The second-order valence-corrected chi connectivity index (χ2v) is 3.05. The first kappa shape index (κ1) is 9.70. The van der Waals surface area contributed by atoms with Crippen LogP contribution in [0.5, 0.6) is 0 Å². The highest BCUT2D eigenvalue weighted by molar-refractivity contribution is 5.25. The van der Waals surface area contributed by atoms with Gasteiger partial charge < -0.3 is 14.4 Å². The number of imidazole rings is 1. The van der Waals surface area contributed by atoms with Crippen molar-refractivity contribution in [3.05, 3.63) is 24.6 Å². The molecule has 0 atom stereocenters. The number of aryl methyl sites for hydroxylation is 1. The molecule has 2 rings (SSSR count). The first-order valence-electron chi connectivity index (χ1n) is 4.90. The summed E-state index contributed by atoms with van der Waals surface area (Å²) in [5.74, 6) is 1.51. The fourth-order valence-electron chi connectivity index (χ4n) is 1.32. The minimum absolute atomic E-state index is 0.636. The van der Waals surface area contributed by atoms with E-state index in [4.69, 9.17) is 4.52 Å². The summed E-state index contributed by atoms with van der Waals surface area (Å²) in [6.45, 7) is 3.72. The van der Waals surface area contributed by atoms with Gasteiger partial charge in [-0.05, 0) is 6.92 Å². The van der Waals surface area contributed by atoms with Gasteiger partial charge >= 0.3 is 0 Å². The SMILES string of the molecule is CCn1ccnc1NCCc1ncno1. The third-order valence-corrected chi connectivity index (χ3v) is 2.09. The van der Waals surface area contributed by atoms with Crippen molar-refractivity contribution in [3.63, 3.8) is 0 Å². The van der Waals surface area contributed by atoms with Crippen LogP contribution in [0.2, 0.25) is 0 Å². The van der Waals surface area contributed by atoms with Crippen molar-refractivity contribution in [2.75, 3.05) is 11.9 Å². The van der Waals surface area contributed by atoms with E-state index in [9.17, 15) is 0 Å². The number of hydrogen-bond acceptors (Lipinski definition) is 5. The Balaban J connectivity index is 1.83. The van der Waals surface area contributed by atoms with Crippen molar-refractivity contribution in [1.29, 1.82) is 0 Å². The Kier molecular flexibility index (Phi) is 2.96. The lowest BCUT2D eigenvalue weighted by Crippen LogP contribution is -2.10. The van der Waals surface area contributed by atoms with E-state index in [-0.39, 0.29) is 0 Å². The molecular weight excluding hydrogens is 194 g/mol. The van der Waals surface area contributed by atoms with E-state index >= 15 is 0 Å². The standard InChI is InChI=1S/C9H13N5O/c1-2-14-6-5-11-9(14)10-4-3-8-12-7-13-15-8/h5-7H,2-4H2,1H3,(H,10,11).